The Hall–Kier alpha value is -1.50. The van der Waals surface area contributed by atoms with E-state index in [-0.39, 0.29) is 23.9 Å². The molecule has 2 aliphatic rings. The number of carbonyl (C=O) groups excluding carboxylic acids is 1. The van der Waals surface area contributed by atoms with Gasteiger partial charge in [0.05, 0.1) is 32.0 Å². The van der Waals surface area contributed by atoms with Gasteiger partial charge in [-0.25, -0.2) is 0 Å². The number of fused-ring (bicyclic) bond motifs is 2. The van der Waals surface area contributed by atoms with Crippen LogP contribution in [0.4, 0.5) is 0 Å². The van der Waals surface area contributed by atoms with Crippen molar-refractivity contribution in [3.63, 3.8) is 0 Å². The van der Waals surface area contributed by atoms with Gasteiger partial charge in [-0.15, -0.1) is 12.4 Å². The summed E-state index contributed by atoms with van der Waals surface area (Å²) in [6, 6.07) is 4.09. The van der Waals surface area contributed by atoms with E-state index in [9.17, 15) is 4.79 Å². The first-order valence-corrected chi connectivity index (χ1v) is 8.78. The summed E-state index contributed by atoms with van der Waals surface area (Å²) in [5.74, 6) is 1.45. The highest BCUT2D eigenvalue weighted by atomic mass is 35.5. The van der Waals surface area contributed by atoms with E-state index >= 15 is 0 Å². The van der Waals surface area contributed by atoms with Gasteiger partial charge in [-0.2, -0.15) is 0 Å². The zero-order chi connectivity index (χ0) is 18.2. The van der Waals surface area contributed by atoms with Gasteiger partial charge in [-0.05, 0) is 56.4 Å². The number of rotatable bonds is 3. The molecule has 0 aromatic heterocycles. The third-order valence-electron chi connectivity index (χ3n) is 5.26. The average molecular weight is 385 g/mol. The molecule has 1 fully saturated rings. The fourth-order valence-corrected chi connectivity index (χ4v) is 3.88. The zero-order valence-corrected chi connectivity index (χ0v) is 16.8. The van der Waals surface area contributed by atoms with Crippen molar-refractivity contribution in [1.29, 1.82) is 0 Å². The molecule has 146 valence electrons. The molecule has 1 spiro atoms. The lowest BCUT2D eigenvalue weighted by Crippen LogP contribution is -2.56. The number of piperidine rings is 1. The number of carbonyl (C=O) groups is 1. The van der Waals surface area contributed by atoms with Crippen molar-refractivity contribution >= 4 is 18.3 Å². The van der Waals surface area contributed by atoms with E-state index in [1.54, 1.807) is 28.1 Å². The molecule has 0 atom stereocenters. The molecule has 3 rings (SSSR count). The van der Waals surface area contributed by atoms with E-state index in [1.165, 1.54) is 5.56 Å². The number of methoxy groups -OCH3 is 2. The van der Waals surface area contributed by atoms with Crippen LogP contribution in [0.2, 0.25) is 0 Å². The minimum Gasteiger partial charge on any atom is -0.493 e. The minimum absolute atomic E-state index is 0. The molecular weight excluding hydrogens is 356 g/mol. The van der Waals surface area contributed by atoms with Crippen molar-refractivity contribution in [2.75, 3.05) is 33.9 Å². The molecule has 2 heterocycles. The van der Waals surface area contributed by atoms with Crippen LogP contribution >= 0.6 is 12.4 Å². The molecule has 1 aromatic rings. The Kier molecular flexibility index (Phi) is 6.10. The normalized spacial score (nSPS) is 18.7. The first-order chi connectivity index (χ1) is 11.8. The maximum Gasteiger partial charge on any atom is 0.242 e. The van der Waals surface area contributed by atoms with Crippen LogP contribution in [0.25, 0.3) is 0 Å². The summed E-state index contributed by atoms with van der Waals surface area (Å²) in [5.41, 5.74) is 7.18. The van der Waals surface area contributed by atoms with E-state index in [2.05, 4.69) is 6.07 Å². The van der Waals surface area contributed by atoms with Gasteiger partial charge in [-0.3, -0.25) is 4.79 Å². The van der Waals surface area contributed by atoms with Crippen molar-refractivity contribution in [3.05, 3.63) is 23.3 Å². The van der Waals surface area contributed by atoms with Crippen LogP contribution in [-0.2, 0) is 21.6 Å². The number of halogens is 1. The summed E-state index contributed by atoms with van der Waals surface area (Å²) in [7, 11) is 3.29. The molecule has 1 amide bonds. The first kappa shape index (κ1) is 20.8. The molecule has 26 heavy (non-hydrogen) atoms. The minimum atomic E-state index is -0.841. The molecule has 1 saturated heterocycles. The maximum absolute atomic E-state index is 12.4. The van der Waals surface area contributed by atoms with Crippen molar-refractivity contribution in [2.45, 2.75) is 44.2 Å². The molecule has 0 bridgehead atoms. The van der Waals surface area contributed by atoms with Crippen molar-refractivity contribution in [3.8, 4) is 11.5 Å². The van der Waals surface area contributed by atoms with Gasteiger partial charge in [0.15, 0.2) is 11.5 Å². The lowest BCUT2D eigenvalue weighted by Gasteiger charge is -2.46. The number of benzene rings is 1. The highest BCUT2D eigenvalue weighted by Crippen LogP contribution is 2.45. The van der Waals surface area contributed by atoms with Gasteiger partial charge in [0.25, 0.3) is 0 Å². The monoisotopic (exact) mass is 384 g/mol. The summed E-state index contributed by atoms with van der Waals surface area (Å²) >= 11 is 0. The Balaban J connectivity index is 0.00000243. The van der Waals surface area contributed by atoms with E-state index in [0.717, 1.165) is 30.6 Å². The number of hydrogen-bond donors (Lipinski definition) is 1. The van der Waals surface area contributed by atoms with Gasteiger partial charge in [-0.1, -0.05) is 0 Å². The van der Waals surface area contributed by atoms with Crippen LogP contribution in [0, 0.1) is 0 Å². The highest BCUT2D eigenvalue weighted by Gasteiger charge is 2.43. The Morgan fingerprint density at radius 1 is 1.19 bits per heavy atom. The number of nitrogens with zero attached hydrogens (tertiary/aromatic N) is 1. The van der Waals surface area contributed by atoms with E-state index in [0.29, 0.717) is 25.4 Å². The molecule has 2 aliphatic heterocycles. The largest absolute Gasteiger partial charge is 0.493 e. The third kappa shape index (κ3) is 3.63. The van der Waals surface area contributed by atoms with Gasteiger partial charge in [0.2, 0.25) is 5.91 Å². The summed E-state index contributed by atoms with van der Waals surface area (Å²) < 4.78 is 17.2. The Morgan fingerprint density at radius 2 is 1.77 bits per heavy atom. The molecule has 0 aliphatic carbocycles. The van der Waals surface area contributed by atoms with Gasteiger partial charge < -0.3 is 24.8 Å². The first-order valence-electron chi connectivity index (χ1n) is 8.78. The summed E-state index contributed by atoms with van der Waals surface area (Å²) in [6.45, 7) is 5.48. The number of hydrogen-bond acceptors (Lipinski definition) is 5. The highest BCUT2D eigenvalue weighted by molar-refractivity contribution is 5.85. The number of likely N-dealkylation sites (tertiary alicyclic amines) is 1. The second-order valence-corrected chi connectivity index (χ2v) is 7.47. The molecule has 6 nitrogen and oxygen atoms in total. The van der Waals surface area contributed by atoms with Crippen LogP contribution in [0.15, 0.2) is 12.1 Å². The topological polar surface area (TPSA) is 74.0 Å². The maximum atomic E-state index is 12.4. The molecule has 7 heteroatoms. The molecular formula is C19H29ClN2O4. The Bertz CT molecular complexity index is 664. The molecule has 0 radical (unpaired) electrons. The SMILES string of the molecule is COc1cc2c(cc1OC)C1(CCN(C(=O)C(C)(C)N)CC1)OCC2.Cl. The number of ether oxygens (including phenoxy) is 3. The smallest absolute Gasteiger partial charge is 0.242 e. The average Bonchev–Trinajstić information content (AvgIpc) is 2.60. The standard InChI is InChI=1S/C19H28N2O4.ClH/c1-18(2,20)17(22)21-8-6-19(7-9-21)14-12-16(24-4)15(23-3)11-13(14)5-10-25-19;/h11-12H,5-10,20H2,1-4H3;1H. The fraction of sp³-hybridized carbons (Fsp3) is 0.632. The van der Waals surface area contributed by atoms with E-state index in [1.807, 2.05) is 11.0 Å². The molecule has 0 saturated carbocycles. The van der Waals surface area contributed by atoms with Gasteiger partial charge in [0, 0.05) is 13.1 Å². The van der Waals surface area contributed by atoms with Crippen LogP contribution in [-0.4, -0.2) is 50.3 Å². The predicted molar refractivity (Wildman–Crippen MR) is 102 cm³/mol. The lowest BCUT2D eigenvalue weighted by molar-refractivity contribution is -0.145. The lowest BCUT2D eigenvalue weighted by atomic mass is 9.79. The van der Waals surface area contributed by atoms with Crippen LogP contribution in [0.1, 0.15) is 37.8 Å². The Morgan fingerprint density at radius 3 is 2.31 bits per heavy atom. The van der Waals surface area contributed by atoms with Gasteiger partial charge >= 0.3 is 0 Å². The Labute approximate surface area is 161 Å². The molecule has 1 aromatic carbocycles. The van der Waals surface area contributed by atoms with Crippen molar-refractivity contribution in [1.82, 2.24) is 4.90 Å². The van der Waals surface area contributed by atoms with Crippen molar-refractivity contribution < 1.29 is 19.0 Å². The van der Waals surface area contributed by atoms with Crippen LogP contribution < -0.4 is 15.2 Å². The van der Waals surface area contributed by atoms with Gasteiger partial charge in [0.1, 0.15) is 0 Å². The second-order valence-electron chi connectivity index (χ2n) is 7.47. The van der Waals surface area contributed by atoms with Crippen LogP contribution in [0.5, 0.6) is 11.5 Å². The molecule has 0 unspecified atom stereocenters. The summed E-state index contributed by atoms with van der Waals surface area (Å²) in [6.07, 6.45) is 2.38. The third-order valence-corrected chi connectivity index (χ3v) is 5.26. The van der Waals surface area contributed by atoms with E-state index < -0.39 is 5.54 Å². The zero-order valence-electron chi connectivity index (χ0n) is 16.0. The van der Waals surface area contributed by atoms with Crippen molar-refractivity contribution in [2.24, 2.45) is 5.73 Å². The molecule has 2 N–H and O–H groups in total. The number of nitrogens with two attached hydrogens (primary N) is 1. The summed E-state index contributed by atoms with van der Waals surface area (Å²) in [5, 5.41) is 0. The quantitative estimate of drug-likeness (QED) is 0.865. The predicted octanol–water partition coefficient (Wildman–Crippen LogP) is 2.25. The summed E-state index contributed by atoms with van der Waals surface area (Å²) in [4.78, 5) is 14.3. The van der Waals surface area contributed by atoms with E-state index in [4.69, 9.17) is 19.9 Å². The fourth-order valence-electron chi connectivity index (χ4n) is 3.88. The number of amides is 1. The van der Waals surface area contributed by atoms with Crippen LogP contribution in [0.3, 0.4) is 0 Å². The second kappa shape index (κ2) is 7.62.